The van der Waals surface area contributed by atoms with Crippen molar-refractivity contribution in [1.82, 2.24) is 30.5 Å². The number of carboxylic acid groups (broad SMARTS) is 1. The molecule has 40 heavy (non-hydrogen) atoms. The van der Waals surface area contributed by atoms with Gasteiger partial charge >= 0.3 is 5.97 Å². The first kappa shape index (κ1) is 26.7. The van der Waals surface area contributed by atoms with Crippen molar-refractivity contribution in [3.8, 4) is 16.8 Å². The zero-order valence-electron chi connectivity index (χ0n) is 21.1. The Hall–Kier alpha value is -4.90. The van der Waals surface area contributed by atoms with Crippen molar-refractivity contribution in [2.75, 3.05) is 5.32 Å². The lowest BCUT2D eigenvalue weighted by molar-refractivity contribution is -0.118. The van der Waals surface area contributed by atoms with Gasteiger partial charge in [-0.15, -0.1) is 5.10 Å². The number of anilines is 1. The van der Waals surface area contributed by atoms with Crippen LogP contribution in [0.15, 0.2) is 67.1 Å². The number of nitrogens with one attached hydrogen (secondary N) is 2. The Labute approximate surface area is 233 Å². The summed E-state index contributed by atoms with van der Waals surface area (Å²) in [4.78, 5) is 41.8. The van der Waals surface area contributed by atoms with Crippen molar-refractivity contribution in [1.29, 1.82) is 0 Å². The molecule has 2 aromatic heterocycles. The highest BCUT2D eigenvalue weighted by Crippen LogP contribution is 2.32. The molecule has 3 heterocycles. The second-order valence-electron chi connectivity index (χ2n) is 9.18. The van der Waals surface area contributed by atoms with Crippen molar-refractivity contribution in [2.24, 2.45) is 0 Å². The van der Waals surface area contributed by atoms with Gasteiger partial charge < -0.3 is 15.7 Å². The number of hydrogen-bond donors (Lipinski definition) is 3. The highest BCUT2D eigenvalue weighted by Gasteiger charge is 2.19. The van der Waals surface area contributed by atoms with Crippen molar-refractivity contribution in [3.05, 3.63) is 89.0 Å². The van der Waals surface area contributed by atoms with Crippen molar-refractivity contribution < 1.29 is 19.5 Å². The van der Waals surface area contributed by atoms with Crippen molar-refractivity contribution in [3.63, 3.8) is 0 Å². The van der Waals surface area contributed by atoms with Crippen molar-refractivity contribution in [2.45, 2.75) is 31.7 Å². The molecule has 1 atom stereocenters. The van der Waals surface area contributed by atoms with E-state index in [1.54, 1.807) is 48.7 Å². The third kappa shape index (κ3) is 6.21. The van der Waals surface area contributed by atoms with Crippen LogP contribution in [-0.2, 0) is 9.59 Å². The van der Waals surface area contributed by atoms with Crippen LogP contribution in [-0.4, -0.2) is 48.1 Å². The summed E-state index contributed by atoms with van der Waals surface area (Å²) in [5.41, 5.74) is 3.74. The summed E-state index contributed by atoms with van der Waals surface area (Å²) in [6.07, 6.45) is 8.21. The number of carbonyl (C=O) groups is 3. The molecule has 2 bridgehead atoms. The van der Waals surface area contributed by atoms with Gasteiger partial charge in [0.1, 0.15) is 6.33 Å². The van der Waals surface area contributed by atoms with Crippen LogP contribution in [0.2, 0.25) is 5.02 Å². The molecule has 1 aliphatic rings. The Morgan fingerprint density at radius 1 is 1.12 bits per heavy atom. The van der Waals surface area contributed by atoms with Gasteiger partial charge in [-0.2, -0.15) is 4.68 Å². The molecule has 1 aliphatic heterocycles. The number of halogens is 1. The van der Waals surface area contributed by atoms with E-state index in [4.69, 9.17) is 11.6 Å². The molecule has 0 spiro atoms. The van der Waals surface area contributed by atoms with E-state index >= 15 is 0 Å². The van der Waals surface area contributed by atoms with E-state index in [1.165, 1.54) is 29.2 Å². The number of pyridine rings is 1. The van der Waals surface area contributed by atoms with E-state index in [1.807, 2.05) is 0 Å². The Morgan fingerprint density at radius 3 is 2.80 bits per heavy atom. The molecule has 3 N–H and O–H groups in total. The summed E-state index contributed by atoms with van der Waals surface area (Å²) >= 11 is 6.18. The fourth-order valence-corrected chi connectivity index (χ4v) is 4.68. The van der Waals surface area contributed by atoms with Gasteiger partial charge in [0.2, 0.25) is 11.8 Å². The maximum absolute atomic E-state index is 13.1. The monoisotopic (exact) mass is 557 g/mol. The predicted octanol–water partition coefficient (Wildman–Crippen LogP) is 4.46. The number of tetrazole rings is 1. The van der Waals surface area contributed by atoms with Crippen LogP contribution in [0.3, 0.4) is 0 Å². The molecule has 1 unspecified atom stereocenters. The van der Waals surface area contributed by atoms with Gasteiger partial charge in [-0.05, 0) is 83.4 Å². The summed E-state index contributed by atoms with van der Waals surface area (Å²) < 4.78 is 1.47. The van der Waals surface area contributed by atoms with Gasteiger partial charge in [0.25, 0.3) is 0 Å². The smallest absolute Gasteiger partial charge is 0.335 e. The largest absolute Gasteiger partial charge is 0.478 e. The van der Waals surface area contributed by atoms with E-state index in [0.717, 1.165) is 0 Å². The first-order chi connectivity index (χ1) is 19.4. The summed E-state index contributed by atoms with van der Waals surface area (Å²) in [6, 6.07) is 12.8. The number of carboxylic acids is 1. The highest BCUT2D eigenvalue weighted by atomic mass is 35.5. The normalized spacial score (nSPS) is 15.4. The average molecular weight is 558 g/mol. The van der Waals surface area contributed by atoms with Crippen LogP contribution in [0, 0.1) is 0 Å². The number of benzene rings is 2. The second kappa shape index (κ2) is 11.9. The van der Waals surface area contributed by atoms with E-state index in [9.17, 15) is 19.5 Å². The fourth-order valence-electron chi connectivity index (χ4n) is 4.50. The van der Waals surface area contributed by atoms with Crippen LogP contribution in [0.4, 0.5) is 5.69 Å². The quantitative estimate of drug-likeness (QED) is 0.304. The molecule has 4 aromatic rings. The lowest BCUT2D eigenvalue weighted by Gasteiger charge is -2.20. The summed E-state index contributed by atoms with van der Waals surface area (Å²) in [5.74, 6) is -1.59. The molecule has 202 valence electrons. The molecule has 0 saturated carbocycles. The Kier molecular flexibility index (Phi) is 7.92. The predicted molar refractivity (Wildman–Crippen MR) is 148 cm³/mol. The Morgan fingerprint density at radius 2 is 2.00 bits per heavy atom. The third-order valence-corrected chi connectivity index (χ3v) is 6.69. The number of aromatic nitrogens is 5. The van der Waals surface area contributed by atoms with E-state index in [-0.39, 0.29) is 23.8 Å². The van der Waals surface area contributed by atoms with Crippen LogP contribution >= 0.6 is 11.6 Å². The highest BCUT2D eigenvalue weighted by molar-refractivity contribution is 6.30. The standard InChI is InChI=1S/C28H24ClN7O4/c29-20-7-9-25(36-16-31-34-35-36)18(13-20)6-10-27(38)33-23-3-1-2-4-26(37)32-22-8-5-19(28(39)40)14-21(22)17-11-12-30-24(23)15-17/h5-16,23H,1-4H2,(H,32,37)(H,33,38)(H,39,40). The fraction of sp³-hybridized carbons (Fsp3) is 0.179. The van der Waals surface area contributed by atoms with E-state index in [2.05, 4.69) is 31.1 Å². The zero-order chi connectivity index (χ0) is 28.1. The van der Waals surface area contributed by atoms with Gasteiger partial charge in [-0.25, -0.2) is 4.79 Å². The molecule has 0 saturated heterocycles. The van der Waals surface area contributed by atoms with Crippen molar-refractivity contribution >= 4 is 41.1 Å². The maximum Gasteiger partial charge on any atom is 0.335 e. The minimum Gasteiger partial charge on any atom is -0.478 e. The lowest BCUT2D eigenvalue weighted by atomic mass is 9.97. The van der Waals surface area contributed by atoms with Gasteiger partial charge in [-0.1, -0.05) is 18.0 Å². The summed E-state index contributed by atoms with van der Waals surface area (Å²) in [6.45, 7) is 0. The first-order valence-electron chi connectivity index (χ1n) is 12.5. The summed E-state index contributed by atoms with van der Waals surface area (Å²) in [5, 5.41) is 27.1. The number of aromatic carboxylic acids is 1. The minimum atomic E-state index is -1.07. The number of rotatable bonds is 5. The molecule has 0 fully saturated rings. The van der Waals surface area contributed by atoms with Gasteiger partial charge in [0, 0.05) is 40.5 Å². The molecule has 11 nitrogen and oxygen atoms in total. The van der Waals surface area contributed by atoms with Crippen LogP contribution < -0.4 is 10.6 Å². The number of carbonyl (C=O) groups excluding carboxylic acids is 2. The number of hydrogen-bond acceptors (Lipinski definition) is 7. The average Bonchev–Trinajstić information content (AvgIpc) is 3.48. The molecular formula is C28H24ClN7O4. The molecule has 0 aliphatic carbocycles. The van der Waals surface area contributed by atoms with E-state index < -0.39 is 12.0 Å². The van der Waals surface area contributed by atoms with Gasteiger partial charge in [0.05, 0.1) is 23.0 Å². The van der Waals surface area contributed by atoms with Crippen LogP contribution in [0.1, 0.15) is 53.3 Å². The molecular weight excluding hydrogens is 534 g/mol. The molecule has 12 heteroatoms. The number of fused-ring (bicyclic) bond motifs is 4. The Bertz CT molecular complexity index is 1600. The molecule has 2 aromatic carbocycles. The third-order valence-electron chi connectivity index (χ3n) is 6.45. The SMILES string of the molecule is O=C(C=Cc1cc(Cl)ccc1-n1cnnn1)NC1CCCCC(=O)Nc2ccc(C(=O)O)cc2-c2ccnc1c2. The van der Waals surface area contributed by atoms with E-state index in [0.29, 0.717) is 58.0 Å². The molecule has 2 amide bonds. The lowest BCUT2D eigenvalue weighted by Crippen LogP contribution is -2.27. The van der Waals surface area contributed by atoms with Gasteiger partial charge in [0.15, 0.2) is 0 Å². The number of amides is 2. The molecule has 5 rings (SSSR count). The Balaban J connectivity index is 1.44. The molecule has 0 radical (unpaired) electrons. The topological polar surface area (TPSA) is 152 Å². The zero-order valence-corrected chi connectivity index (χ0v) is 21.9. The van der Waals surface area contributed by atoms with Crippen LogP contribution in [0.5, 0.6) is 0 Å². The minimum absolute atomic E-state index is 0.0931. The first-order valence-corrected chi connectivity index (χ1v) is 12.9. The number of nitrogens with zero attached hydrogens (tertiary/aromatic N) is 5. The van der Waals surface area contributed by atoms with Gasteiger partial charge in [-0.3, -0.25) is 14.6 Å². The summed E-state index contributed by atoms with van der Waals surface area (Å²) in [7, 11) is 0. The van der Waals surface area contributed by atoms with Crippen LogP contribution in [0.25, 0.3) is 22.9 Å². The maximum atomic E-state index is 13.1. The second-order valence-corrected chi connectivity index (χ2v) is 9.62.